The molecule has 0 heterocycles. The molecular formula is C10H20O. The van der Waals surface area contributed by atoms with Crippen LogP contribution in [0.4, 0.5) is 0 Å². The van der Waals surface area contributed by atoms with Crippen molar-refractivity contribution in [1.29, 1.82) is 0 Å². The van der Waals surface area contributed by atoms with Crippen molar-refractivity contribution in [2.45, 2.75) is 52.6 Å². The SMILES string of the molecule is CC[C@@H](O)[C@H]1CCC(C)(C)C1. The zero-order valence-electron chi connectivity index (χ0n) is 7.93. The number of hydrogen-bond acceptors (Lipinski definition) is 1. The highest BCUT2D eigenvalue weighted by atomic mass is 16.3. The van der Waals surface area contributed by atoms with Gasteiger partial charge in [-0.1, -0.05) is 20.8 Å². The van der Waals surface area contributed by atoms with E-state index in [9.17, 15) is 5.11 Å². The average molecular weight is 156 g/mol. The Morgan fingerprint density at radius 3 is 2.55 bits per heavy atom. The van der Waals surface area contributed by atoms with Crippen molar-refractivity contribution in [2.75, 3.05) is 0 Å². The number of aliphatic hydroxyl groups excluding tert-OH is 1. The monoisotopic (exact) mass is 156 g/mol. The number of rotatable bonds is 2. The predicted octanol–water partition coefficient (Wildman–Crippen LogP) is 2.58. The fourth-order valence-corrected chi connectivity index (χ4v) is 2.15. The lowest BCUT2D eigenvalue weighted by atomic mass is 9.89. The summed E-state index contributed by atoms with van der Waals surface area (Å²) in [6.45, 7) is 6.67. The van der Waals surface area contributed by atoms with Gasteiger partial charge in [-0.25, -0.2) is 0 Å². The summed E-state index contributed by atoms with van der Waals surface area (Å²) in [5.74, 6) is 0.579. The Balaban J connectivity index is 2.41. The van der Waals surface area contributed by atoms with Crippen LogP contribution in [0.25, 0.3) is 0 Å². The van der Waals surface area contributed by atoms with Gasteiger partial charge in [-0.2, -0.15) is 0 Å². The van der Waals surface area contributed by atoms with Crippen molar-refractivity contribution in [3.8, 4) is 0 Å². The number of aliphatic hydroxyl groups is 1. The molecule has 0 aromatic rings. The molecule has 1 heteroatoms. The van der Waals surface area contributed by atoms with Crippen LogP contribution >= 0.6 is 0 Å². The van der Waals surface area contributed by atoms with Gasteiger partial charge in [0.1, 0.15) is 0 Å². The Labute approximate surface area is 69.8 Å². The summed E-state index contributed by atoms with van der Waals surface area (Å²) in [7, 11) is 0. The minimum absolute atomic E-state index is 0.0447. The molecule has 11 heavy (non-hydrogen) atoms. The largest absolute Gasteiger partial charge is 0.393 e. The molecule has 66 valence electrons. The summed E-state index contributed by atoms with van der Waals surface area (Å²) in [6.07, 6.45) is 4.59. The first-order valence-corrected chi connectivity index (χ1v) is 4.73. The molecule has 0 bridgehead atoms. The van der Waals surface area contributed by atoms with Crippen molar-refractivity contribution in [3.63, 3.8) is 0 Å². The van der Waals surface area contributed by atoms with E-state index >= 15 is 0 Å². The van der Waals surface area contributed by atoms with E-state index in [0.29, 0.717) is 11.3 Å². The molecule has 0 aromatic heterocycles. The van der Waals surface area contributed by atoms with Gasteiger partial charge in [0, 0.05) is 0 Å². The molecule has 1 nitrogen and oxygen atoms in total. The zero-order valence-corrected chi connectivity index (χ0v) is 7.93. The van der Waals surface area contributed by atoms with Crippen LogP contribution in [0.3, 0.4) is 0 Å². The van der Waals surface area contributed by atoms with Crippen LogP contribution in [0.5, 0.6) is 0 Å². The fraction of sp³-hybridized carbons (Fsp3) is 1.00. The molecule has 0 spiro atoms. The standard InChI is InChI=1S/C10H20O/c1-4-9(11)8-5-6-10(2,3)7-8/h8-9,11H,4-7H2,1-3H3/t8-,9+/m0/s1. The van der Waals surface area contributed by atoms with Crippen molar-refractivity contribution in [2.24, 2.45) is 11.3 Å². The summed E-state index contributed by atoms with van der Waals surface area (Å²) in [6, 6.07) is 0. The Morgan fingerprint density at radius 1 is 1.55 bits per heavy atom. The Morgan fingerprint density at radius 2 is 2.18 bits per heavy atom. The highest BCUT2D eigenvalue weighted by Crippen LogP contribution is 2.42. The summed E-state index contributed by atoms with van der Waals surface area (Å²) in [5, 5.41) is 9.59. The van der Waals surface area contributed by atoms with E-state index < -0.39 is 0 Å². The lowest BCUT2D eigenvalue weighted by Crippen LogP contribution is -2.17. The van der Waals surface area contributed by atoms with Gasteiger partial charge in [-0.3, -0.25) is 0 Å². The highest BCUT2D eigenvalue weighted by Gasteiger charge is 2.33. The predicted molar refractivity (Wildman–Crippen MR) is 47.4 cm³/mol. The average Bonchev–Trinajstić information content (AvgIpc) is 2.29. The van der Waals surface area contributed by atoms with Gasteiger partial charge in [0.25, 0.3) is 0 Å². The summed E-state index contributed by atoms with van der Waals surface area (Å²) in [4.78, 5) is 0. The van der Waals surface area contributed by atoms with Crippen LogP contribution in [0, 0.1) is 11.3 Å². The van der Waals surface area contributed by atoms with Gasteiger partial charge in [-0.15, -0.1) is 0 Å². The minimum atomic E-state index is -0.0447. The molecule has 0 radical (unpaired) electrons. The molecule has 1 rings (SSSR count). The third kappa shape index (κ3) is 2.19. The Hall–Kier alpha value is -0.0400. The maximum absolute atomic E-state index is 9.59. The molecule has 1 fully saturated rings. The second-order valence-electron chi connectivity index (χ2n) is 4.64. The van der Waals surface area contributed by atoms with Gasteiger partial charge in [0.15, 0.2) is 0 Å². The quantitative estimate of drug-likeness (QED) is 0.651. The molecule has 0 unspecified atom stereocenters. The van der Waals surface area contributed by atoms with Gasteiger partial charge in [0.05, 0.1) is 6.10 Å². The topological polar surface area (TPSA) is 20.2 Å². The smallest absolute Gasteiger partial charge is 0.0566 e. The molecular weight excluding hydrogens is 136 g/mol. The molecule has 0 saturated heterocycles. The van der Waals surface area contributed by atoms with Gasteiger partial charge < -0.3 is 5.11 Å². The highest BCUT2D eigenvalue weighted by molar-refractivity contribution is 4.85. The minimum Gasteiger partial charge on any atom is -0.393 e. The molecule has 1 saturated carbocycles. The molecule has 1 N–H and O–H groups in total. The van der Waals surface area contributed by atoms with Crippen molar-refractivity contribution in [3.05, 3.63) is 0 Å². The lowest BCUT2D eigenvalue weighted by Gasteiger charge is -2.19. The maximum atomic E-state index is 9.59. The number of hydrogen-bond donors (Lipinski definition) is 1. The molecule has 2 atom stereocenters. The van der Waals surface area contributed by atoms with Gasteiger partial charge >= 0.3 is 0 Å². The zero-order chi connectivity index (χ0) is 8.48. The lowest BCUT2D eigenvalue weighted by molar-refractivity contribution is 0.101. The van der Waals surface area contributed by atoms with Crippen molar-refractivity contribution in [1.82, 2.24) is 0 Å². The Kier molecular flexibility index (Phi) is 2.58. The van der Waals surface area contributed by atoms with Crippen LogP contribution in [-0.2, 0) is 0 Å². The molecule has 1 aliphatic rings. The van der Waals surface area contributed by atoms with E-state index in [-0.39, 0.29) is 6.10 Å². The molecule has 0 aliphatic heterocycles. The second-order valence-corrected chi connectivity index (χ2v) is 4.64. The van der Waals surface area contributed by atoms with Crippen molar-refractivity contribution < 1.29 is 5.11 Å². The maximum Gasteiger partial charge on any atom is 0.0566 e. The summed E-state index contributed by atoms with van der Waals surface area (Å²) < 4.78 is 0. The van der Waals surface area contributed by atoms with Crippen LogP contribution in [-0.4, -0.2) is 11.2 Å². The summed E-state index contributed by atoms with van der Waals surface area (Å²) >= 11 is 0. The first-order valence-electron chi connectivity index (χ1n) is 4.73. The van der Waals surface area contributed by atoms with Crippen LogP contribution < -0.4 is 0 Å². The van der Waals surface area contributed by atoms with Crippen LogP contribution in [0.2, 0.25) is 0 Å². The second kappa shape index (κ2) is 3.14. The summed E-state index contributed by atoms with van der Waals surface area (Å²) in [5.41, 5.74) is 0.487. The third-order valence-electron chi connectivity index (χ3n) is 2.97. The molecule has 1 aliphatic carbocycles. The van der Waals surface area contributed by atoms with Crippen LogP contribution in [0.1, 0.15) is 46.5 Å². The van der Waals surface area contributed by atoms with Crippen LogP contribution in [0.15, 0.2) is 0 Å². The van der Waals surface area contributed by atoms with E-state index in [0.717, 1.165) is 6.42 Å². The van der Waals surface area contributed by atoms with Gasteiger partial charge in [-0.05, 0) is 37.0 Å². The van der Waals surface area contributed by atoms with Crippen molar-refractivity contribution >= 4 is 0 Å². The Bertz CT molecular complexity index is 129. The first kappa shape index (κ1) is 9.05. The fourth-order valence-electron chi connectivity index (χ4n) is 2.15. The first-order chi connectivity index (χ1) is 5.05. The molecule has 0 aromatic carbocycles. The van der Waals surface area contributed by atoms with E-state index in [4.69, 9.17) is 0 Å². The van der Waals surface area contributed by atoms with Gasteiger partial charge in [0.2, 0.25) is 0 Å². The van der Waals surface area contributed by atoms with E-state index in [1.54, 1.807) is 0 Å². The third-order valence-corrected chi connectivity index (χ3v) is 2.97. The van der Waals surface area contributed by atoms with E-state index in [2.05, 4.69) is 20.8 Å². The normalized spacial score (nSPS) is 32.2. The van der Waals surface area contributed by atoms with E-state index in [1.807, 2.05) is 0 Å². The van der Waals surface area contributed by atoms with E-state index in [1.165, 1.54) is 19.3 Å². The molecule has 0 amide bonds.